The summed E-state index contributed by atoms with van der Waals surface area (Å²) < 4.78 is 30.3. The van der Waals surface area contributed by atoms with Crippen molar-refractivity contribution in [1.29, 1.82) is 0 Å². The van der Waals surface area contributed by atoms with Crippen LogP contribution in [0.5, 0.6) is 0 Å². The Morgan fingerprint density at radius 3 is 2.00 bits per heavy atom. The second kappa shape index (κ2) is 9.37. The lowest BCUT2D eigenvalue weighted by atomic mass is 9.89. The van der Waals surface area contributed by atoms with Crippen LogP contribution in [-0.2, 0) is 10.0 Å². The van der Waals surface area contributed by atoms with Crippen LogP contribution < -0.4 is 9.62 Å². The molecule has 0 aliphatic carbocycles. The molecule has 1 N–H and O–H groups in total. The minimum Gasteiger partial charge on any atom is -0.348 e. The van der Waals surface area contributed by atoms with Crippen LogP contribution in [0.1, 0.15) is 88.8 Å². The summed E-state index contributed by atoms with van der Waals surface area (Å²) >= 11 is 1.63. The number of hydrogen-bond donors (Lipinski definition) is 1. The lowest BCUT2D eigenvalue weighted by molar-refractivity contribution is 0.459. The summed E-state index contributed by atoms with van der Waals surface area (Å²) in [6.07, 6.45) is 3.39. The molecule has 7 heteroatoms. The second-order valence-corrected chi connectivity index (χ2v) is 11.7. The predicted molar refractivity (Wildman–Crippen MR) is 126 cm³/mol. The molecular weight excluding hydrogens is 414 g/mol. The van der Waals surface area contributed by atoms with Gasteiger partial charge < -0.3 is 4.90 Å². The number of nitrogens with one attached hydrogen (secondary N) is 1. The number of anilines is 1. The molecule has 166 valence electrons. The molecule has 30 heavy (non-hydrogen) atoms. The molecule has 1 fully saturated rings. The molecule has 5 nitrogen and oxygen atoms in total. The first-order valence-electron chi connectivity index (χ1n) is 10.9. The molecule has 1 aromatic heterocycles. The van der Waals surface area contributed by atoms with E-state index in [2.05, 4.69) is 68.3 Å². The van der Waals surface area contributed by atoms with Crippen molar-refractivity contribution in [3.63, 3.8) is 0 Å². The van der Waals surface area contributed by atoms with Crippen molar-refractivity contribution < 1.29 is 8.42 Å². The number of thiazole rings is 1. The molecule has 1 aliphatic heterocycles. The van der Waals surface area contributed by atoms with Gasteiger partial charge in [-0.2, -0.15) is 0 Å². The zero-order valence-electron chi connectivity index (χ0n) is 19.0. The van der Waals surface area contributed by atoms with Crippen molar-refractivity contribution in [2.45, 2.75) is 83.1 Å². The van der Waals surface area contributed by atoms with Gasteiger partial charge in [-0.3, -0.25) is 0 Å². The molecule has 0 bridgehead atoms. The molecule has 0 saturated carbocycles. The monoisotopic (exact) mass is 449 g/mol. The number of aromatic nitrogens is 1. The van der Waals surface area contributed by atoms with E-state index >= 15 is 0 Å². The normalized spacial score (nSPS) is 16.2. The number of piperidine rings is 1. The van der Waals surface area contributed by atoms with Gasteiger partial charge in [0.15, 0.2) is 5.13 Å². The van der Waals surface area contributed by atoms with Gasteiger partial charge in [0, 0.05) is 30.7 Å². The van der Waals surface area contributed by atoms with Crippen LogP contribution in [0.4, 0.5) is 5.13 Å². The highest BCUT2D eigenvalue weighted by Gasteiger charge is 2.30. The topological polar surface area (TPSA) is 62.3 Å². The predicted octanol–water partition coefficient (Wildman–Crippen LogP) is 5.46. The summed E-state index contributed by atoms with van der Waals surface area (Å²) in [5, 5.41) is 3.00. The molecular formula is C23H35N3O2S2. The highest BCUT2D eigenvalue weighted by Crippen LogP contribution is 2.35. The third kappa shape index (κ3) is 5.06. The van der Waals surface area contributed by atoms with Crippen LogP contribution in [0.3, 0.4) is 0 Å². The quantitative estimate of drug-likeness (QED) is 0.610. The van der Waals surface area contributed by atoms with Gasteiger partial charge in [0.05, 0.1) is 4.90 Å². The Hall–Kier alpha value is -1.44. The van der Waals surface area contributed by atoms with E-state index in [1.165, 1.54) is 5.56 Å². The average molecular weight is 450 g/mol. The highest BCUT2D eigenvalue weighted by atomic mass is 32.2. The average Bonchev–Trinajstić information content (AvgIpc) is 3.21. The second-order valence-electron chi connectivity index (χ2n) is 9.19. The molecule has 0 radical (unpaired) electrons. The molecule has 2 heterocycles. The third-order valence-electron chi connectivity index (χ3n) is 5.85. The molecule has 1 aromatic carbocycles. The van der Waals surface area contributed by atoms with Gasteiger partial charge in [0.2, 0.25) is 10.0 Å². The smallest absolute Gasteiger partial charge is 0.241 e. The Morgan fingerprint density at radius 1 is 1.00 bits per heavy atom. The Bertz CT molecular complexity index is 914. The first kappa shape index (κ1) is 23.2. The van der Waals surface area contributed by atoms with E-state index in [1.807, 2.05) is 11.6 Å². The molecule has 0 amide bonds. The summed E-state index contributed by atoms with van der Waals surface area (Å²) in [6.45, 7) is 14.3. The van der Waals surface area contributed by atoms with Gasteiger partial charge in [-0.25, -0.2) is 18.1 Å². The van der Waals surface area contributed by atoms with Gasteiger partial charge in [-0.05, 0) is 47.3 Å². The Kier molecular flexibility index (Phi) is 7.25. The zero-order valence-corrected chi connectivity index (χ0v) is 20.6. The SMILES string of the molecule is CC(C)c1cc(C(C)C)c(S(=O)(=O)NC2CCN(c3nccs3)CC2)c(C(C)C)c1. The fourth-order valence-electron chi connectivity index (χ4n) is 4.04. The van der Waals surface area contributed by atoms with Gasteiger partial charge >= 0.3 is 0 Å². The Labute approximate surface area is 186 Å². The van der Waals surface area contributed by atoms with Crippen molar-refractivity contribution in [2.24, 2.45) is 0 Å². The number of rotatable bonds is 7. The van der Waals surface area contributed by atoms with Crippen LogP contribution in [0.15, 0.2) is 28.6 Å². The van der Waals surface area contributed by atoms with Gasteiger partial charge in [0.1, 0.15) is 0 Å². The number of nitrogens with zero attached hydrogens (tertiary/aromatic N) is 2. The summed E-state index contributed by atoms with van der Waals surface area (Å²) in [4.78, 5) is 7.12. The van der Waals surface area contributed by atoms with E-state index in [0.717, 1.165) is 42.2 Å². The van der Waals surface area contributed by atoms with Crippen molar-refractivity contribution in [3.05, 3.63) is 40.4 Å². The van der Waals surface area contributed by atoms with Crippen molar-refractivity contribution in [1.82, 2.24) is 9.71 Å². The van der Waals surface area contributed by atoms with Gasteiger partial charge in [-0.15, -0.1) is 11.3 Å². The molecule has 0 atom stereocenters. The maximum atomic E-state index is 13.6. The van der Waals surface area contributed by atoms with Crippen LogP contribution in [0, 0.1) is 0 Å². The standard InChI is InChI=1S/C23H35N3O2S2/c1-15(2)18-13-20(16(3)4)22(21(14-18)17(5)6)30(27,28)25-19-7-10-26(11-8-19)23-24-9-12-29-23/h9,12-17,19,25H,7-8,10-11H2,1-6H3. The summed E-state index contributed by atoms with van der Waals surface area (Å²) in [5.41, 5.74) is 3.06. The maximum Gasteiger partial charge on any atom is 0.241 e. The van der Waals surface area contributed by atoms with E-state index in [0.29, 0.717) is 10.8 Å². The first-order chi connectivity index (χ1) is 14.1. The highest BCUT2D eigenvalue weighted by molar-refractivity contribution is 7.89. The van der Waals surface area contributed by atoms with E-state index < -0.39 is 10.0 Å². The van der Waals surface area contributed by atoms with Crippen LogP contribution in [0.25, 0.3) is 0 Å². The lowest BCUT2D eigenvalue weighted by Gasteiger charge is -2.32. The molecule has 0 spiro atoms. The van der Waals surface area contributed by atoms with E-state index in [4.69, 9.17) is 0 Å². The Balaban J connectivity index is 1.88. The van der Waals surface area contributed by atoms with E-state index in [-0.39, 0.29) is 17.9 Å². The van der Waals surface area contributed by atoms with Gasteiger partial charge in [-0.1, -0.05) is 53.7 Å². The van der Waals surface area contributed by atoms with E-state index in [1.54, 1.807) is 11.3 Å². The number of benzene rings is 1. The molecule has 1 saturated heterocycles. The maximum absolute atomic E-state index is 13.6. The van der Waals surface area contributed by atoms with Crippen molar-refractivity contribution in [2.75, 3.05) is 18.0 Å². The minimum atomic E-state index is -3.61. The summed E-state index contributed by atoms with van der Waals surface area (Å²) in [7, 11) is -3.61. The van der Waals surface area contributed by atoms with Crippen LogP contribution >= 0.6 is 11.3 Å². The number of sulfonamides is 1. The Morgan fingerprint density at radius 2 is 1.57 bits per heavy atom. The zero-order chi connectivity index (χ0) is 22.1. The van der Waals surface area contributed by atoms with Crippen molar-refractivity contribution >= 4 is 26.5 Å². The molecule has 3 rings (SSSR count). The third-order valence-corrected chi connectivity index (χ3v) is 8.34. The largest absolute Gasteiger partial charge is 0.348 e. The van der Waals surface area contributed by atoms with Crippen LogP contribution in [-0.4, -0.2) is 32.5 Å². The minimum absolute atomic E-state index is 0.0454. The fourth-order valence-corrected chi connectivity index (χ4v) is 6.74. The summed E-state index contributed by atoms with van der Waals surface area (Å²) in [5.74, 6) is 0.638. The lowest BCUT2D eigenvalue weighted by Crippen LogP contribution is -2.45. The number of hydrogen-bond acceptors (Lipinski definition) is 5. The van der Waals surface area contributed by atoms with E-state index in [9.17, 15) is 8.42 Å². The van der Waals surface area contributed by atoms with Crippen LogP contribution in [0.2, 0.25) is 0 Å². The summed E-state index contributed by atoms with van der Waals surface area (Å²) in [6, 6.07) is 4.15. The van der Waals surface area contributed by atoms with Crippen molar-refractivity contribution in [3.8, 4) is 0 Å². The van der Waals surface area contributed by atoms with Gasteiger partial charge in [0.25, 0.3) is 0 Å². The molecule has 2 aromatic rings. The fraction of sp³-hybridized carbons (Fsp3) is 0.609. The molecule has 0 unspecified atom stereocenters. The molecule has 1 aliphatic rings. The first-order valence-corrected chi connectivity index (χ1v) is 13.3.